The molecular weight excluding hydrogens is 204 g/mol. The lowest BCUT2D eigenvalue weighted by Gasteiger charge is -2.38. The van der Waals surface area contributed by atoms with Gasteiger partial charge in [0.25, 0.3) is 0 Å². The van der Waals surface area contributed by atoms with Crippen LogP contribution in [-0.2, 0) is 9.47 Å². The standard InChI is InChI=1S/C12H26N2O2/c1-8-5-9(2)7-10(6-8)11(14-13)12(15-3)16-4/h8-12,14H,5-7,13H2,1-4H3. The van der Waals surface area contributed by atoms with Gasteiger partial charge in [-0.1, -0.05) is 13.8 Å². The fraction of sp³-hybridized carbons (Fsp3) is 1.00. The predicted octanol–water partition coefficient (Wildman–Crippen LogP) is 1.51. The van der Waals surface area contributed by atoms with Crippen LogP contribution >= 0.6 is 0 Å². The number of ether oxygens (including phenoxy) is 2. The van der Waals surface area contributed by atoms with Gasteiger partial charge in [-0.15, -0.1) is 0 Å². The molecule has 0 aromatic heterocycles. The van der Waals surface area contributed by atoms with E-state index in [1.54, 1.807) is 14.2 Å². The first kappa shape index (κ1) is 13.9. The lowest BCUT2D eigenvalue weighted by atomic mass is 9.73. The molecule has 0 aromatic rings. The van der Waals surface area contributed by atoms with Gasteiger partial charge in [0.05, 0.1) is 6.04 Å². The van der Waals surface area contributed by atoms with Crippen molar-refractivity contribution in [3.8, 4) is 0 Å². The van der Waals surface area contributed by atoms with Crippen LogP contribution in [0.4, 0.5) is 0 Å². The maximum absolute atomic E-state index is 5.64. The van der Waals surface area contributed by atoms with Crippen molar-refractivity contribution in [3.05, 3.63) is 0 Å². The van der Waals surface area contributed by atoms with Gasteiger partial charge < -0.3 is 9.47 Å². The van der Waals surface area contributed by atoms with Gasteiger partial charge in [0.15, 0.2) is 6.29 Å². The molecule has 1 fully saturated rings. The second kappa shape index (κ2) is 6.55. The number of nitrogens with one attached hydrogen (secondary N) is 1. The number of hydrazine groups is 1. The Labute approximate surface area is 98.8 Å². The summed E-state index contributed by atoms with van der Waals surface area (Å²) in [6.07, 6.45) is 3.45. The Hall–Kier alpha value is -0.160. The molecule has 3 atom stereocenters. The first-order chi connectivity index (χ1) is 7.62. The van der Waals surface area contributed by atoms with Gasteiger partial charge in [0.2, 0.25) is 0 Å². The Morgan fingerprint density at radius 2 is 1.56 bits per heavy atom. The Bertz CT molecular complexity index is 187. The fourth-order valence-electron chi connectivity index (χ4n) is 3.13. The summed E-state index contributed by atoms with van der Waals surface area (Å²) >= 11 is 0. The van der Waals surface area contributed by atoms with Crippen LogP contribution in [0, 0.1) is 17.8 Å². The van der Waals surface area contributed by atoms with Gasteiger partial charge in [0.1, 0.15) is 0 Å². The first-order valence-corrected chi connectivity index (χ1v) is 6.14. The van der Waals surface area contributed by atoms with Gasteiger partial charge in [0, 0.05) is 14.2 Å². The van der Waals surface area contributed by atoms with E-state index in [0.717, 1.165) is 11.8 Å². The molecule has 0 amide bonds. The first-order valence-electron chi connectivity index (χ1n) is 6.14. The molecule has 1 aliphatic rings. The van der Waals surface area contributed by atoms with Crippen molar-refractivity contribution in [3.63, 3.8) is 0 Å². The summed E-state index contributed by atoms with van der Waals surface area (Å²) < 4.78 is 10.6. The molecule has 3 unspecified atom stereocenters. The van der Waals surface area contributed by atoms with E-state index in [-0.39, 0.29) is 12.3 Å². The van der Waals surface area contributed by atoms with Crippen molar-refractivity contribution >= 4 is 0 Å². The molecule has 0 spiro atoms. The SMILES string of the molecule is COC(OC)C(NN)C1CC(C)CC(C)C1. The Balaban J connectivity index is 2.63. The van der Waals surface area contributed by atoms with E-state index in [1.807, 2.05) is 0 Å². The summed E-state index contributed by atoms with van der Waals surface area (Å²) in [4.78, 5) is 0. The van der Waals surface area contributed by atoms with Crippen molar-refractivity contribution in [2.75, 3.05) is 14.2 Å². The van der Waals surface area contributed by atoms with Crippen molar-refractivity contribution in [1.82, 2.24) is 5.43 Å². The molecule has 0 heterocycles. The minimum Gasteiger partial charge on any atom is -0.354 e. The van der Waals surface area contributed by atoms with E-state index in [0.29, 0.717) is 5.92 Å². The molecule has 0 saturated heterocycles. The highest BCUT2D eigenvalue weighted by molar-refractivity contribution is 4.84. The highest BCUT2D eigenvalue weighted by Gasteiger charge is 2.34. The van der Waals surface area contributed by atoms with Crippen LogP contribution in [0.15, 0.2) is 0 Å². The molecule has 16 heavy (non-hydrogen) atoms. The molecule has 0 radical (unpaired) electrons. The molecule has 1 rings (SSSR count). The van der Waals surface area contributed by atoms with Crippen LogP contribution < -0.4 is 11.3 Å². The molecule has 0 aliphatic heterocycles. The van der Waals surface area contributed by atoms with Crippen LogP contribution in [0.1, 0.15) is 33.1 Å². The minimum atomic E-state index is -0.257. The summed E-state index contributed by atoms with van der Waals surface area (Å²) in [5.41, 5.74) is 2.86. The Morgan fingerprint density at radius 3 is 1.94 bits per heavy atom. The zero-order valence-electron chi connectivity index (χ0n) is 10.9. The molecular formula is C12H26N2O2. The van der Waals surface area contributed by atoms with Crippen LogP contribution in [0.2, 0.25) is 0 Å². The minimum absolute atomic E-state index is 0.0835. The van der Waals surface area contributed by atoms with E-state index in [4.69, 9.17) is 15.3 Å². The average molecular weight is 230 g/mol. The van der Waals surface area contributed by atoms with Crippen LogP contribution in [-0.4, -0.2) is 26.6 Å². The molecule has 96 valence electrons. The van der Waals surface area contributed by atoms with Gasteiger partial charge in [-0.25, -0.2) is 0 Å². The quantitative estimate of drug-likeness (QED) is 0.427. The number of rotatable bonds is 5. The van der Waals surface area contributed by atoms with Crippen molar-refractivity contribution in [2.24, 2.45) is 23.6 Å². The third-order valence-corrected chi connectivity index (χ3v) is 3.67. The number of hydrogen-bond acceptors (Lipinski definition) is 4. The van der Waals surface area contributed by atoms with E-state index in [2.05, 4.69) is 19.3 Å². The highest BCUT2D eigenvalue weighted by atomic mass is 16.7. The second-order valence-electron chi connectivity index (χ2n) is 5.21. The number of nitrogens with two attached hydrogens (primary N) is 1. The highest BCUT2D eigenvalue weighted by Crippen LogP contribution is 2.35. The van der Waals surface area contributed by atoms with Crippen molar-refractivity contribution in [1.29, 1.82) is 0 Å². The smallest absolute Gasteiger partial charge is 0.173 e. The Morgan fingerprint density at radius 1 is 1.06 bits per heavy atom. The molecule has 1 aliphatic carbocycles. The van der Waals surface area contributed by atoms with Crippen molar-refractivity contribution < 1.29 is 9.47 Å². The van der Waals surface area contributed by atoms with Crippen LogP contribution in [0.5, 0.6) is 0 Å². The van der Waals surface area contributed by atoms with E-state index in [9.17, 15) is 0 Å². The van der Waals surface area contributed by atoms with Gasteiger partial charge in [-0.3, -0.25) is 11.3 Å². The molecule has 3 N–H and O–H groups in total. The van der Waals surface area contributed by atoms with Gasteiger partial charge >= 0.3 is 0 Å². The molecule has 1 saturated carbocycles. The fourth-order valence-corrected chi connectivity index (χ4v) is 3.13. The maximum atomic E-state index is 5.64. The third kappa shape index (κ3) is 3.42. The largest absolute Gasteiger partial charge is 0.354 e. The summed E-state index contributed by atoms with van der Waals surface area (Å²) in [6, 6.07) is 0.0835. The average Bonchev–Trinajstić information content (AvgIpc) is 2.24. The Kier molecular flexibility index (Phi) is 5.69. The molecule has 0 bridgehead atoms. The molecule has 4 heteroatoms. The predicted molar refractivity (Wildman–Crippen MR) is 64.6 cm³/mol. The lowest BCUT2D eigenvalue weighted by molar-refractivity contribution is -0.137. The lowest BCUT2D eigenvalue weighted by Crippen LogP contribution is -2.51. The van der Waals surface area contributed by atoms with E-state index in [1.165, 1.54) is 19.3 Å². The van der Waals surface area contributed by atoms with E-state index < -0.39 is 0 Å². The van der Waals surface area contributed by atoms with Crippen LogP contribution in [0.3, 0.4) is 0 Å². The molecule has 0 aromatic carbocycles. The number of methoxy groups -OCH3 is 2. The summed E-state index contributed by atoms with van der Waals surface area (Å²) in [7, 11) is 3.32. The zero-order chi connectivity index (χ0) is 12.1. The summed E-state index contributed by atoms with van der Waals surface area (Å²) in [5, 5.41) is 0. The van der Waals surface area contributed by atoms with Crippen LogP contribution in [0.25, 0.3) is 0 Å². The summed E-state index contributed by atoms with van der Waals surface area (Å²) in [6.45, 7) is 4.62. The topological polar surface area (TPSA) is 56.5 Å². The third-order valence-electron chi connectivity index (χ3n) is 3.67. The monoisotopic (exact) mass is 230 g/mol. The van der Waals surface area contributed by atoms with Crippen molar-refractivity contribution in [2.45, 2.75) is 45.4 Å². The van der Waals surface area contributed by atoms with E-state index >= 15 is 0 Å². The maximum Gasteiger partial charge on any atom is 0.173 e. The second-order valence-corrected chi connectivity index (χ2v) is 5.21. The molecule has 4 nitrogen and oxygen atoms in total. The summed E-state index contributed by atoms with van der Waals surface area (Å²) in [5.74, 6) is 7.70. The zero-order valence-corrected chi connectivity index (χ0v) is 10.9. The number of hydrogen-bond donors (Lipinski definition) is 2. The van der Waals surface area contributed by atoms with Gasteiger partial charge in [-0.2, -0.15) is 0 Å². The normalized spacial score (nSPS) is 33.0. The van der Waals surface area contributed by atoms with Gasteiger partial charge in [-0.05, 0) is 37.0 Å².